The van der Waals surface area contributed by atoms with Gasteiger partial charge in [0, 0.05) is 0 Å². The van der Waals surface area contributed by atoms with Crippen LogP contribution in [0.15, 0.2) is 0 Å². The van der Waals surface area contributed by atoms with Crippen molar-refractivity contribution in [1.82, 2.24) is 0 Å². The van der Waals surface area contributed by atoms with E-state index in [9.17, 15) is 0 Å². The van der Waals surface area contributed by atoms with Crippen molar-refractivity contribution < 1.29 is 0 Å². The van der Waals surface area contributed by atoms with Gasteiger partial charge in [0.05, 0.1) is 0 Å². The first kappa shape index (κ1) is 8.10. The average Bonchev–Trinajstić information content (AvgIpc) is 1.95. The van der Waals surface area contributed by atoms with Gasteiger partial charge in [-0.25, -0.2) is 0 Å². The van der Waals surface area contributed by atoms with Crippen LogP contribution in [0.4, 0.5) is 0 Å². The molecule has 0 aromatic heterocycles. The zero-order chi connectivity index (χ0) is 7.99. The van der Waals surface area contributed by atoms with Crippen LogP contribution in [0.3, 0.4) is 0 Å². The number of hydrogen-bond acceptors (Lipinski definition) is 0. The van der Waals surface area contributed by atoms with E-state index in [1.165, 1.54) is 12.8 Å². The second-order valence-corrected chi connectivity index (χ2v) is 4.89. The highest BCUT2D eigenvalue weighted by molar-refractivity contribution is 5.14. The van der Waals surface area contributed by atoms with E-state index < -0.39 is 0 Å². The highest BCUT2D eigenvalue weighted by Gasteiger charge is 2.44. The second-order valence-electron chi connectivity index (χ2n) is 4.89. The quantitative estimate of drug-likeness (QED) is 0.482. The Morgan fingerprint density at radius 3 is 1.30 bits per heavy atom. The Morgan fingerprint density at radius 2 is 1.20 bits per heavy atom. The summed E-state index contributed by atoms with van der Waals surface area (Å²) >= 11 is 0. The molecule has 0 aliphatic heterocycles. The standard InChI is InChI=1S/C10H19/c1-8-9(2,3)6-7-10(8,4)5/h6-7H2,1-5H3. The summed E-state index contributed by atoms with van der Waals surface area (Å²) < 4.78 is 0. The van der Waals surface area contributed by atoms with E-state index >= 15 is 0 Å². The summed E-state index contributed by atoms with van der Waals surface area (Å²) in [5.41, 5.74) is 1.01. The lowest BCUT2D eigenvalue weighted by Gasteiger charge is -2.31. The first-order valence-corrected chi connectivity index (χ1v) is 4.21. The normalized spacial score (nSPS) is 30.9. The zero-order valence-corrected chi connectivity index (χ0v) is 7.91. The molecule has 0 heteroatoms. The van der Waals surface area contributed by atoms with Crippen LogP contribution in [0.5, 0.6) is 0 Å². The van der Waals surface area contributed by atoms with Crippen LogP contribution < -0.4 is 0 Å². The van der Waals surface area contributed by atoms with Crippen molar-refractivity contribution in [2.45, 2.75) is 47.5 Å². The van der Waals surface area contributed by atoms with Gasteiger partial charge in [-0.05, 0) is 29.6 Å². The third-order valence-corrected chi connectivity index (χ3v) is 3.41. The van der Waals surface area contributed by atoms with E-state index in [-0.39, 0.29) is 0 Å². The molecule has 0 nitrogen and oxygen atoms in total. The Labute approximate surface area is 65.0 Å². The lowest BCUT2D eigenvalue weighted by Crippen LogP contribution is -2.21. The SMILES string of the molecule is C[C]1C(C)(C)CCC1(C)C. The van der Waals surface area contributed by atoms with Crippen molar-refractivity contribution in [2.24, 2.45) is 10.8 Å². The first-order valence-electron chi connectivity index (χ1n) is 4.21. The van der Waals surface area contributed by atoms with Gasteiger partial charge < -0.3 is 0 Å². The fourth-order valence-corrected chi connectivity index (χ4v) is 1.92. The van der Waals surface area contributed by atoms with E-state index in [0.29, 0.717) is 10.8 Å². The van der Waals surface area contributed by atoms with Crippen LogP contribution in [0.2, 0.25) is 0 Å². The number of hydrogen-bond donors (Lipinski definition) is 0. The predicted octanol–water partition coefficient (Wildman–Crippen LogP) is 3.43. The van der Waals surface area contributed by atoms with Gasteiger partial charge in [-0.15, -0.1) is 0 Å². The summed E-state index contributed by atoms with van der Waals surface area (Å²) in [6.07, 6.45) is 2.73. The molecule has 1 saturated carbocycles. The third kappa shape index (κ3) is 1.09. The molecule has 1 rings (SSSR count). The molecule has 0 aromatic carbocycles. The van der Waals surface area contributed by atoms with Gasteiger partial charge in [0.1, 0.15) is 0 Å². The lowest BCUT2D eigenvalue weighted by atomic mass is 9.74. The van der Waals surface area contributed by atoms with E-state index in [1.54, 1.807) is 5.92 Å². The molecule has 0 spiro atoms. The average molecular weight is 139 g/mol. The highest BCUT2D eigenvalue weighted by Crippen LogP contribution is 2.54. The van der Waals surface area contributed by atoms with Crippen molar-refractivity contribution in [2.75, 3.05) is 0 Å². The molecule has 0 amide bonds. The van der Waals surface area contributed by atoms with Crippen molar-refractivity contribution in [3.05, 3.63) is 5.92 Å². The minimum atomic E-state index is 0.503. The third-order valence-electron chi connectivity index (χ3n) is 3.41. The van der Waals surface area contributed by atoms with Crippen LogP contribution in [-0.2, 0) is 0 Å². The van der Waals surface area contributed by atoms with Gasteiger partial charge in [0.2, 0.25) is 0 Å². The molecule has 0 heterocycles. The Balaban J connectivity index is 2.77. The molecule has 0 bridgehead atoms. The maximum atomic E-state index is 2.36. The molecule has 0 unspecified atom stereocenters. The maximum absolute atomic E-state index is 2.36. The molecular formula is C10H19. The fraction of sp³-hybridized carbons (Fsp3) is 0.900. The fourth-order valence-electron chi connectivity index (χ4n) is 1.92. The molecule has 1 aliphatic rings. The molecule has 59 valence electrons. The van der Waals surface area contributed by atoms with Crippen LogP contribution in [0, 0.1) is 16.7 Å². The molecule has 1 radical (unpaired) electrons. The van der Waals surface area contributed by atoms with Gasteiger partial charge >= 0.3 is 0 Å². The Morgan fingerprint density at radius 1 is 0.900 bits per heavy atom. The molecule has 0 N–H and O–H groups in total. The molecule has 0 aromatic rings. The molecule has 1 aliphatic carbocycles. The molecule has 1 fully saturated rings. The van der Waals surface area contributed by atoms with Crippen LogP contribution in [0.25, 0.3) is 0 Å². The Bertz CT molecular complexity index is 115. The highest BCUT2D eigenvalue weighted by atomic mass is 14.5. The lowest BCUT2D eigenvalue weighted by molar-refractivity contribution is 0.358. The van der Waals surface area contributed by atoms with E-state index in [1.807, 2.05) is 0 Å². The summed E-state index contributed by atoms with van der Waals surface area (Å²) in [4.78, 5) is 0. The Kier molecular flexibility index (Phi) is 1.61. The van der Waals surface area contributed by atoms with Crippen molar-refractivity contribution in [1.29, 1.82) is 0 Å². The molecular weight excluding hydrogens is 120 g/mol. The summed E-state index contributed by atoms with van der Waals surface area (Å²) in [5, 5.41) is 0. The first-order chi connectivity index (χ1) is 4.36. The summed E-state index contributed by atoms with van der Waals surface area (Å²) in [5.74, 6) is 1.68. The topological polar surface area (TPSA) is 0 Å². The largest absolute Gasteiger partial charge is 0.0593 e. The van der Waals surface area contributed by atoms with Crippen LogP contribution in [0.1, 0.15) is 47.5 Å². The van der Waals surface area contributed by atoms with Gasteiger partial charge in [-0.2, -0.15) is 0 Å². The van der Waals surface area contributed by atoms with Gasteiger partial charge in [-0.1, -0.05) is 34.6 Å². The minimum Gasteiger partial charge on any atom is -0.0593 e. The smallest absolute Gasteiger partial charge is 0.0159 e. The van der Waals surface area contributed by atoms with E-state index in [0.717, 1.165) is 0 Å². The van der Waals surface area contributed by atoms with Gasteiger partial charge in [-0.3, -0.25) is 0 Å². The second kappa shape index (κ2) is 1.99. The van der Waals surface area contributed by atoms with Crippen molar-refractivity contribution in [3.8, 4) is 0 Å². The van der Waals surface area contributed by atoms with Crippen LogP contribution >= 0.6 is 0 Å². The monoisotopic (exact) mass is 139 g/mol. The number of rotatable bonds is 0. The summed E-state index contributed by atoms with van der Waals surface area (Å²) in [6.45, 7) is 11.7. The Hall–Kier alpha value is 0. The van der Waals surface area contributed by atoms with E-state index in [4.69, 9.17) is 0 Å². The summed E-state index contributed by atoms with van der Waals surface area (Å²) in [7, 11) is 0. The molecule has 10 heavy (non-hydrogen) atoms. The van der Waals surface area contributed by atoms with Gasteiger partial charge in [0.15, 0.2) is 0 Å². The molecule has 0 saturated heterocycles. The van der Waals surface area contributed by atoms with Crippen molar-refractivity contribution in [3.63, 3.8) is 0 Å². The molecule has 0 atom stereocenters. The van der Waals surface area contributed by atoms with Gasteiger partial charge in [0.25, 0.3) is 0 Å². The maximum Gasteiger partial charge on any atom is -0.0159 e. The summed E-state index contributed by atoms with van der Waals surface area (Å²) in [6, 6.07) is 0. The van der Waals surface area contributed by atoms with E-state index in [2.05, 4.69) is 34.6 Å². The minimum absolute atomic E-state index is 0.503. The van der Waals surface area contributed by atoms with Crippen molar-refractivity contribution >= 4 is 0 Å². The zero-order valence-electron chi connectivity index (χ0n) is 7.91. The predicted molar refractivity (Wildman–Crippen MR) is 45.7 cm³/mol. The van der Waals surface area contributed by atoms with Crippen LogP contribution in [-0.4, -0.2) is 0 Å².